The monoisotopic (exact) mass is 431 g/mol. The van der Waals surface area contributed by atoms with Crippen LogP contribution < -0.4 is 21.1 Å². The van der Waals surface area contributed by atoms with Crippen molar-refractivity contribution in [2.24, 2.45) is 0 Å². The second kappa shape index (κ2) is 8.45. The predicted molar refractivity (Wildman–Crippen MR) is 123 cm³/mol. The molecule has 0 unspecified atom stereocenters. The first-order chi connectivity index (χ1) is 15.6. The average Bonchev–Trinajstić information content (AvgIpc) is 3.21. The van der Waals surface area contributed by atoms with E-state index in [4.69, 9.17) is 4.98 Å². The van der Waals surface area contributed by atoms with E-state index in [1.54, 1.807) is 45.9 Å². The van der Waals surface area contributed by atoms with Crippen LogP contribution in [0.2, 0.25) is 0 Å². The summed E-state index contributed by atoms with van der Waals surface area (Å²) >= 11 is 0. The van der Waals surface area contributed by atoms with E-state index in [0.29, 0.717) is 41.8 Å². The van der Waals surface area contributed by atoms with E-state index in [1.807, 2.05) is 6.07 Å². The Bertz CT molecular complexity index is 1270. The van der Waals surface area contributed by atoms with Gasteiger partial charge in [0.2, 0.25) is 0 Å². The molecule has 0 atom stereocenters. The van der Waals surface area contributed by atoms with Crippen LogP contribution in [0.15, 0.2) is 47.3 Å². The van der Waals surface area contributed by atoms with Crippen LogP contribution in [-0.2, 0) is 13.0 Å². The molecule has 2 aliphatic rings. The Kier molecular flexibility index (Phi) is 5.34. The Hall–Kier alpha value is -3.68. The molecule has 3 aromatic rings. The van der Waals surface area contributed by atoms with Gasteiger partial charge in [0.15, 0.2) is 0 Å². The van der Waals surface area contributed by atoms with Crippen molar-refractivity contribution < 1.29 is 9.59 Å². The van der Waals surface area contributed by atoms with Crippen LogP contribution in [0.25, 0.3) is 10.9 Å². The number of aryl methyl sites for hydroxylation is 1. The van der Waals surface area contributed by atoms with Crippen molar-refractivity contribution in [3.8, 4) is 0 Å². The number of fused-ring (bicyclic) bond motifs is 2. The van der Waals surface area contributed by atoms with E-state index >= 15 is 0 Å². The topological polar surface area (TPSA) is 96.3 Å². The van der Waals surface area contributed by atoms with Gasteiger partial charge in [-0.15, -0.1) is 0 Å². The fourth-order valence-corrected chi connectivity index (χ4v) is 4.41. The molecule has 3 amide bonds. The number of benzene rings is 2. The maximum Gasteiger partial charge on any atom is 0.321 e. The van der Waals surface area contributed by atoms with Crippen molar-refractivity contribution in [2.45, 2.75) is 38.6 Å². The van der Waals surface area contributed by atoms with Crippen molar-refractivity contribution in [3.63, 3.8) is 0 Å². The average molecular weight is 431 g/mol. The molecule has 1 fully saturated rings. The fraction of sp³-hybridized carbons (Fsp3) is 0.333. The number of rotatable bonds is 3. The highest BCUT2D eigenvalue weighted by Gasteiger charge is 2.21. The summed E-state index contributed by atoms with van der Waals surface area (Å²) in [6, 6.07) is 12.1. The number of carbonyl (C=O) groups is 2. The van der Waals surface area contributed by atoms with Crippen LogP contribution in [0.3, 0.4) is 0 Å². The molecule has 2 N–H and O–H groups in total. The first-order valence-corrected chi connectivity index (χ1v) is 11.1. The number of hydrogen-bond donors (Lipinski definition) is 2. The molecule has 0 spiro atoms. The molecule has 8 nitrogen and oxygen atoms in total. The molecule has 0 aliphatic carbocycles. The van der Waals surface area contributed by atoms with Crippen LogP contribution in [0.5, 0.6) is 0 Å². The zero-order valence-electron chi connectivity index (χ0n) is 17.8. The maximum absolute atomic E-state index is 13.0. The molecule has 5 rings (SSSR count). The van der Waals surface area contributed by atoms with Gasteiger partial charge in [0, 0.05) is 43.0 Å². The van der Waals surface area contributed by atoms with E-state index in [2.05, 4.69) is 10.6 Å². The summed E-state index contributed by atoms with van der Waals surface area (Å²) in [4.78, 5) is 44.2. The molecule has 2 aliphatic heterocycles. The third kappa shape index (κ3) is 3.84. The van der Waals surface area contributed by atoms with E-state index in [9.17, 15) is 14.4 Å². The normalized spacial score (nSPS) is 16.2. The van der Waals surface area contributed by atoms with Gasteiger partial charge >= 0.3 is 6.03 Å². The zero-order chi connectivity index (χ0) is 22.1. The summed E-state index contributed by atoms with van der Waals surface area (Å²) in [7, 11) is 0. The lowest BCUT2D eigenvalue weighted by atomic mass is 10.1. The molecule has 1 saturated heterocycles. The minimum Gasteiger partial charge on any atom is -0.336 e. The maximum atomic E-state index is 13.0. The fourth-order valence-electron chi connectivity index (χ4n) is 4.41. The van der Waals surface area contributed by atoms with Crippen molar-refractivity contribution in [1.29, 1.82) is 0 Å². The quantitative estimate of drug-likeness (QED) is 0.665. The van der Waals surface area contributed by atoms with Gasteiger partial charge in [-0.2, -0.15) is 0 Å². The number of nitrogens with one attached hydrogen (secondary N) is 2. The van der Waals surface area contributed by atoms with Crippen LogP contribution in [0, 0.1) is 0 Å². The summed E-state index contributed by atoms with van der Waals surface area (Å²) in [5, 5.41) is 6.19. The Labute approximate surface area is 185 Å². The minimum absolute atomic E-state index is 0.0320. The third-order valence-corrected chi connectivity index (χ3v) is 6.10. The van der Waals surface area contributed by atoms with Gasteiger partial charge < -0.3 is 10.6 Å². The first kappa shape index (κ1) is 20.2. The van der Waals surface area contributed by atoms with Crippen molar-refractivity contribution in [3.05, 3.63) is 64.2 Å². The highest BCUT2D eigenvalue weighted by Crippen LogP contribution is 2.22. The molecule has 0 radical (unpaired) electrons. The minimum atomic E-state index is -0.288. The van der Waals surface area contributed by atoms with Crippen LogP contribution in [0.1, 0.15) is 41.9 Å². The molecule has 164 valence electrons. The summed E-state index contributed by atoms with van der Waals surface area (Å²) < 4.78 is 1.79. The molecular weight excluding hydrogens is 406 g/mol. The zero-order valence-corrected chi connectivity index (χ0v) is 17.8. The van der Waals surface area contributed by atoms with E-state index in [-0.39, 0.29) is 17.5 Å². The number of urea groups is 1. The second-order valence-corrected chi connectivity index (χ2v) is 8.27. The Balaban J connectivity index is 1.42. The van der Waals surface area contributed by atoms with Gasteiger partial charge in [-0.3, -0.25) is 19.1 Å². The molecular formula is C24H25N5O3. The summed E-state index contributed by atoms with van der Waals surface area (Å²) in [6.45, 7) is 1.89. The van der Waals surface area contributed by atoms with Gasteiger partial charge in [-0.05, 0) is 49.2 Å². The smallest absolute Gasteiger partial charge is 0.321 e. The van der Waals surface area contributed by atoms with E-state index < -0.39 is 0 Å². The van der Waals surface area contributed by atoms with Crippen molar-refractivity contribution >= 4 is 34.2 Å². The summed E-state index contributed by atoms with van der Waals surface area (Å²) in [6.07, 6.45) is 5.06. The highest BCUT2D eigenvalue weighted by atomic mass is 16.2. The Morgan fingerprint density at radius 2 is 1.88 bits per heavy atom. The number of carbonyl (C=O) groups excluding carboxylic acids is 2. The van der Waals surface area contributed by atoms with Gasteiger partial charge in [0.1, 0.15) is 5.82 Å². The molecule has 0 saturated carbocycles. The van der Waals surface area contributed by atoms with Crippen molar-refractivity contribution in [1.82, 2.24) is 14.9 Å². The number of nitrogens with zero attached hydrogens (tertiary/aromatic N) is 3. The van der Waals surface area contributed by atoms with Gasteiger partial charge in [-0.25, -0.2) is 9.78 Å². The SMILES string of the molecule is O=C(Nc1cccc(N2CCNC2=O)c1)c1ccc2c(=O)n3c(nc2c1)CCCCCC3. The van der Waals surface area contributed by atoms with Gasteiger partial charge in [-0.1, -0.05) is 18.9 Å². The lowest BCUT2D eigenvalue weighted by Gasteiger charge is -2.17. The molecule has 8 heteroatoms. The molecule has 1 aromatic heterocycles. The highest BCUT2D eigenvalue weighted by molar-refractivity contribution is 6.06. The van der Waals surface area contributed by atoms with Crippen LogP contribution in [-0.4, -0.2) is 34.6 Å². The van der Waals surface area contributed by atoms with E-state index in [0.717, 1.165) is 43.6 Å². The summed E-state index contributed by atoms with van der Waals surface area (Å²) in [5.41, 5.74) is 2.28. The molecule has 2 aromatic carbocycles. The van der Waals surface area contributed by atoms with Crippen LogP contribution >= 0.6 is 0 Å². The number of aromatic nitrogens is 2. The van der Waals surface area contributed by atoms with E-state index in [1.165, 1.54) is 0 Å². The second-order valence-electron chi connectivity index (χ2n) is 8.27. The molecule has 3 heterocycles. The standard InChI is InChI=1S/C24H25N5O3/c30-22(26-17-6-5-7-18(15-17)28-13-11-25-24(28)32)16-9-10-19-20(14-16)27-21-8-3-1-2-4-12-29(21)23(19)31/h5-7,9-10,14-15H,1-4,8,11-13H2,(H,25,32)(H,26,30). The number of amides is 3. The van der Waals surface area contributed by atoms with Gasteiger partial charge in [0.25, 0.3) is 11.5 Å². The molecule has 32 heavy (non-hydrogen) atoms. The molecule has 0 bridgehead atoms. The lowest BCUT2D eigenvalue weighted by molar-refractivity contribution is 0.102. The Morgan fingerprint density at radius 3 is 2.72 bits per heavy atom. The van der Waals surface area contributed by atoms with Crippen LogP contribution in [0.4, 0.5) is 16.2 Å². The first-order valence-electron chi connectivity index (χ1n) is 11.1. The number of hydrogen-bond acceptors (Lipinski definition) is 4. The van der Waals surface area contributed by atoms with Gasteiger partial charge in [0.05, 0.1) is 10.9 Å². The predicted octanol–water partition coefficient (Wildman–Crippen LogP) is 3.29. The Morgan fingerprint density at radius 1 is 1.00 bits per heavy atom. The largest absolute Gasteiger partial charge is 0.336 e. The lowest BCUT2D eigenvalue weighted by Crippen LogP contribution is -2.27. The summed E-state index contributed by atoms with van der Waals surface area (Å²) in [5.74, 6) is 0.514. The number of anilines is 2. The third-order valence-electron chi connectivity index (χ3n) is 6.10. The van der Waals surface area contributed by atoms with Crippen molar-refractivity contribution in [2.75, 3.05) is 23.3 Å².